The Morgan fingerprint density at radius 3 is 2.45 bits per heavy atom. The fourth-order valence-corrected chi connectivity index (χ4v) is 3.72. The predicted octanol–water partition coefficient (Wildman–Crippen LogP) is 2.36. The first-order valence-corrected chi connectivity index (χ1v) is 10.1. The number of carbonyl (C=O) groups excluding carboxylic acids is 1. The van der Waals surface area contributed by atoms with E-state index in [-0.39, 0.29) is 5.91 Å². The number of rotatable bonds is 4. The van der Waals surface area contributed by atoms with Crippen LogP contribution in [0.5, 0.6) is 0 Å². The zero-order chi connectivity index (χ0) is 20.5. The van der Waals surface area contributed by atoms with E-state index in [1.165, 1.54) is 0 Å². The summed E-state index contributed by atoms with van der Waals surface area (Å²) >= 11 is -1.52. The SMILES string of the molecule is CN1C(=O)[C@@H](c2ccccc2)N(C)c2nc(Nc3ccc([S+](N)[O-])cc3)ncc21. The standard InChI is InChI=1S/C20H20N6O2S/c1-25-16-12-22-20(23-14-8-10-15(11-9-14)29(21)28)24-18(16)26(2)17(19(25)27)13-6-4-3-5-7-13/h3-12,17H,21H2,1-2H3,(H,22,23,24)/t17-,29?/m1/s1. The van der Waals surface area contributed by atoms with Gasteiger partial charge >= 0.3 is 0 Å². The van der Waals surface area contributed by atoms with Gasteiger partial charge in [-0.15, -0.1) is 5.14 Å². The molecular formula is C20H20N6O2S. The third-order valence-corrected chi connectivity index (χ3v) is 5.59. The molecule has 1 amide bonds. The minimum atomic E-state index is -1.52. The number of benzene rings is 2. The topological polar surface area (TPSA) is 110 Å². The van der Waals surface area contributed by atoms with Gasteiger partial charge in [0.15, 0.2) is 10.7 Å². The summed E-state index contributed by atoms with van der Waals surface area (Å²) in [5, 5.41) is 8.51. The summed E-state index contributed by atoms with van der Waals surface area (Å²) in [5.74, 6) is 1.01. The molecule has 3 aromatic rings. The van der Waals surface area contributed by atoms with Crippen molar-refractivity contribution in [1.82, 2.24) is 9.97 Å². The summed E-state index contributed by atoms with van der Waals surface area (Å²) in [6.45, 7) is 0. The van der Waals surface area contributed by atoms with Crippen LogP contribution in [-0.2, 0) is 16.2 Å². The molecule has 1 unspecified atom stereocenters. The van der Waals surface area contributed by atoms with Crippen molar-refractivity contribution in [2.75, 3.05) is 29.2 Å². The molecule has 0 spiro atoms. The second-order valence-corrected chi connectivity index (χ2v) is 7.74. The van der Waals surface area contributed by atoms with Crippen LogP contribution in [0, 0.1) is 0 Å². The molecule has 29 heavy (non-hydrogen) atoms. The van der Waals surface area contributed by atoms with Crippen LogP contribution in [0.1, 0.15) is 11.6 Å². The Morgan fingerprint density at radius 1 is 1.10 bits per heavy atom. The molecule has 0 aliphatic carbocycles. The number of likely N-dealkylation sites (N-methyl/N-ethyl adjacent to an activating group) is 2. The molecule has 148 valence electrons. The summed E-state index contributed by atoms with van der Waals surface area (Å²) in [5.41, 5.74) is 2.28. The number of nitrogens with zero attached hydrogens (tertiary/aromatic N) is 4. The third-order valence-electron chi connectivity index (χ3n) is 4.86. The molecule has 0 fully saturated rings. The highest BCUT2D eigenvalue weighted by atomic mass is 32.2. The van der Waals surface area contributed by atoms with Gasteiger partial charge in [-0.3, -0.25) is 4.79 Å². The molecule has 2 aromatic carbocycles. The van der Waals surface area contributed by atoms with Gasteiger partial charge in [0.2, 0.25) is 5.95 Å². The van der Waals surface area contributed by atoms with Crippen LogP contribution in [0.25, 0.3) is 0 Å². The van der Waals surface area contributed by atoms with E-state index < -0.39 is 17.4 Å². The van der Waals surface area contributed by atoms with Crippen LogP contribution < -0.4 is 20.3 Å². The minimum absolute atomic E-state index is 0.0408. The molecule has 8 nitrogen and oxygen atoms in total. The number of aromatic nitrogens is 2. The molecule has 0 bridgehead atoms. The van der Waals surface area contributed by atoms with E-state index in [4.69, 9.17) is 5.14 Å². The van der Waals surface area contributed by atoms with Gasteiger partial charge in [-0.2, -0.15) is 4.98 Å². The second kappa shape index (κ2) is 7.70. The first-order chi connectivity index (χ1) is 14.0. The molecule has 4 rings (SSSR count). The number of nitrogens with one attached hydrogen (secondary N) is 1. The Labute approximate surface area is 171 Å². The predicted molar refractivity (Wildman–Crippen MR) is 113 cm³/mol. The van der Waals surface area contributed by atoms with Gasteiger partial charge in [-0.05, 0) is 29.8 Å². The smallest absolute Gasteiger partial charge is 0.254 e. The highest BCUT2D eigenvalue weighted by molar-refractivity contribution is 7.89. The van der Waals surface area contributed by atoms with Crippen LogP contribution in [0.2, 0.25) is 0 Å². The van der Waals surface area contributed by atoms with Gasteiger partial charge in [-0.1, -0.05) is 30.3 Å². The molecule has 0 saturated heterocycles. The van der Waals surface area contributed by atoms with Gasteiger partial charge in [0, 0.05) is 19.8 Å². The number of nitrogens with two attached hydrogens (primary N) is 1. The van der Waals surface area contributed by atoms with Crippen molar-refractivity contribution >= 4 is 40.4 Å². The maximum Gasteiger partial charge on any atom is 0.254 e. The Kier molecular flexibility index (Phi) is 5.10. The van der Waals surface area contributed by atoms with E-state index >= 15 is 0 Å². The number of anilines is 4. The molecule has 0 radical (unpaired) electrons. The van der Waals surface area contributed by atoms with Crippen molar-refractivity contribution in [1.29, 1.82) is 0 Å². The van der Waals surface area contributed by atoms with Gasteiger partial charge in [0.05, 0.1) is 17.6 Å². The van der Waals surface area contributed by atoms with Crippen molar-refractivity contribution in [3.05, 3.63) is 66.4 Å². The maximum atomic E-state index is 12.9. The highest BCUT2D eigenvalue weighted by Gasteiger charge is 2.37. The van der Waals surface area contributed by atoms with E-state index in [0.29, 0.717) is 22.3 Å². The summed E-state index contributed by atoms with van der Waals surface area (Å²) in [4.78, 5) is 25.9. The van der Waals surface area contributed by atoms with Crippen molar-refractivity contribution in [3.8, 4) is 0 Å². The average Bonchev–Trinajstić information content (AvgIpc) is 2.73. The molecule has 1 aromatic heterocycles. The van der Waals surface area contributed by atoms with E-state index in [1.807, 2.05) is 42.3 Å². The first-order valence-electron chi connectivity index (χ1n) is 8.91. The van der Waals surface area contributed by atoms with Crippen molar-refractivity contribution in [2.45, 2.75) is 10.9 Å². The van der Waals surface area contributed by atoms with Crippen molar-refractivity contribution < 1.29 is 9.35 Å². The molecule has 0 saturated carbocycles. The molecule has 2 heterocycles. The Balaban J connectivity index is 1.65. The Hall–Kier alpha value is -3.14. The zero-order valence-electron chi connectivity index (χ0n) is 15.9. The van der Waals surface area contributed by atoms with Crippen LogP contribution in [0.4, 0.5) is 23.1 Å². The lowest BCUT2D eigenvalue weighted by Gasteiger charge is -2.38. The Morgan fingerprint density at radius 2 is 1.79 bits per heavy atom. The minimum Gasteiger partial charge on any atom is -0.593 e. The van der Waals surface area contributed by atoms with E-state index in [0.717, 1.165) is 11.3 Å². The maximum absolute atomic E-state index is 12.9. The molecule has 3 N–H and O–H groups in total. The quantitative estimate of drug-likeness (QED) is 0.638. The lowest BCUT2D eigenvalue weighted by Crippen LogP contribution is -2.45. The van der Waals surface area contributed by atoms with Crippen LogP contribution in [0.15, 0.2) is 65.7 Å². The summed E-state index contributed by atoms with van der Waals surface area (Å²) in [7, 11) is 3.58. The highest BCUT2D eigenvalue weighted by Crippen LogP contribution is 2.38. The molecule has 9 heteroatoms. The first kappa shape index (κ1) is 19.2. The number of hydrogen-bond donors (Lipinski definition) is 2. The Bertz CT molecular complexity index is 1030. The second-order valence-electron chi connectivity index (χ2n) is 6.67. The lowest BCUT2D eigenvalue weighted by atomic mass is 10.0. The number of hydrogen-bond acceptors (Lipinski definition) is 7. The molecular weight excluding hydrogens is 388 g/mol. The molecule has 2 atom stereocenters. The van der Waals surface area contributed by atoms with Crippen molar-refractivity contribution in [3.63, 3.8) is 0 Å². The van der Waals surface area contributed by atoms with Gasteiger partial charge in [0.25, 0.3) is 5.91 Å². The number of amides is 1. The van der Waals surface area contributed by atoms with E-state index in [9.17, 15) is 9.35 Å². The third kappa shape index (κ3) is 3.63. The normalized spacial score (nSPS) is 17.1. The summed E-state index contributed by atoms with van der Waals surface area (Å²) in [6.07, 6.45) is 1.63. The average molecular weight is 408 g/mol. The molecule has 1 aliphatic heterocycles. The van der Waals surface area contributed by atoms with Crippen molar-refractivity contribution in [2.24, 2.45) is 5.14 Å². The largest absolute Gasteiger partial charge is 0.593 e. The van der Waals surface area contributed by atoms with Crippen LogP contribution in [-0.4, -0.2) is 34.5 Å². The molecule has 1 aliphatic rings. The summed E-state index contributed by atoms with van der Waals surface area (Å²) in [6, 6.07) is 16.0. The summed E-state index contributed by atoms with van der Waals surface area (Å²) < 4.78 is 11.3. The van der Waals surface area contributed by atoms with Gasteiger partial charge in [-0.25, -0.2) is 4.98 Å². The van der Waals surface area contributed by atoms with Crippen LogP contribution in [0.3, 0.4) is 0 Å². The lowest BCUT2D eigenvalue weighted by molar-refractivity contribution is -0.120. The monoisotopic (exact) mass is 408 g/mol. The number of fused-ring (bicyclic) bond motifs is 1. The zero-order valence-corrected chi connectivity index (χ0v) is 16.8. The van der Waals surface area contributed by atoms with Crippen LogP contribution >= 0.6 is 0 Å². The van der Waals surface area contributed by atoms with Gasteiger partial charge in [0.1, 0.15) is 11.7 Å². The van der Waals surface area contributed by atoms with E-state index in [2.05, 4.69) is 15.3 Å². The van der Waals surface area contributed by atoms with Gasteiger partial charge < -0.3 is 19.7 Å². The van der Waals surface area contributed by atoms with E-state index in [1.54, 1.807) is 42.4 Å². The number of carbonyl (C=O) groups is 1. The fourth-order valence-electron chi connectivity index (χ4n) is 3.32. The fraction of sp³-hybridized carbons (Fsp3) is 0.150.